The zero-order valence-electron chi connectivity index (χ0n) is 14.6. The minimum Gasteiger partial charge on any atom is -0.451 e. The summed E-state index contributed by atoms with van der Waals surface area (Å²) in [6.45, 7) is 0.305. The van der Waals surface area contributed by atoms with E-state index in [9.17, 15) is 14.0 Å². The van der Waals surface area contributed by atoms with Crippen LogP contribution < -0.4 is 10.6 Å². The summed E-state index contributed by atoms with van der Waals surface area (Å²) in [7, 11) is 0. The third-order valence-electron chi connectivity index (χ3n) is 3.75. The Bertz CT molecular complexity index is 1010. The average molecular weight is 490 g/mol. The number of furan rings is 1. The first kappa shape index (κ1) is 19.8. The van der Waals surface area contributed by atoms with E-state index in [1.54, 1.807) is 30.3 Å². The second kappa shape index (κ2) is 9.32. The van der Waals surface area contributed by atoms with Crippen LogP contribution in [0.4, 0.5) is 10.1 Å². The molecule has 0 spiro atoms. The fourth-order valence-corrected chi connectivity index (χ4v) is 2.82. The van der Waals surface area contributed by atoms with E-state index in [1.165, 1.54) is 30.3 Å². The topological polar surface area (TPSA) is 71.3 Å². The first-order chi connectivity index (χ1) is 13.5. The molecule has 0 bridgehead atoms. The summed E-state index contributed by atoms with van der Waals surface area (Å²) in [5.41, 5.74) is 1.77. The van der Waals surface area contributed by atoms with Crippen molar-refractivity contribution in [1.82, 2.24) is 5.32 Å². The molecule has 7 heteroatoms. The number of hydrogen-bond acceptors (Lipinski definition) is 3. The van der Waals surface area contributed by atoms with Crippen molar-refractivity contribution in [3.63, 3.8) is 0 Å². The van der Waals surface area contributed by atoms with Gasteiger partial charge in [-0.25, -0.2) is 4.39 Å². The smallest absolute Gasteiger partial charge is 0.255 e. The molecule has 0 saturated heterocycles. The number of carbonyl (C=O) groups excluding carboxylic acids is 2. The molecule has 0 atom stereocenters. The Balaban J connectivity index is 1.55. The van der Waals surface area contributed by atoms with Gasteiger partial charge in [-0.15, -0.1) is 0 Å². The number of halogens is 2. The molecule has 1 aromatic heterocycles. The second-order valence-corrected chi connectivity index (χ2v) is 6.92. The largest absolute Gasteiger partial charge is 0.451 e. The molecule has 0 aliphatic rings. The van der Waals surface area contributed by atoms with Gasteiger partial charge < -0.3 is 15.1 Å². The van der Waals surface area contributed by atoms with Crippen molar-refractivity contribution in [1.29, 1.82) is 0 Å². The number of benzene rings is 2. The summed E-state index contributed by atoms with van der Waals surface area (Å²) in [5, 5.41) is 5.52. The van der Waals surface area contributed by atoms with Crippen molar-refractivity contribution in [2.45, 2.75) is 6.54 Å². The fourth-order valence-electron chi connectivity index (χ4n) is 2.39. The molecule has 3 rings (SSSR count). The van der Waals surface area contributed by atoms with E-state index in [4.69, 9.17) is 4.42 Å². The Morgan fingerprint density at radius 3 is 2.57 bits per heavy atom. The lowest BCUT2D eigenvalue weighted by Crippen LogP contribution is -2.20. The quantitative estimate of drug-likeness (QED) is 0.392. The van der Waals surface area contributed by atoms with Crippen LogP contribution in [-0.4, -0.2) is 11.8 Å². The van der Waals surface area contributed by atoms with Crippen LogP contribution in [0.2, 0.25) is 0 Å². The van der Waals surface area contributed by atoms with E-state index in [1.807, 2.05) is 12.1 Å². The van der Waals surface area contributed by atoms with Crippen LogP contribution in [-0.2, 0) is 11.3 Å². The van der Waals surface area contributed by atoms with Crippen LogP contribution in [0.5, 0.6) is 0 Å². The zero-order chi connectivity index (χ0) is 19.9. The summed E-state index contributed by atoms with van der Waals surface area (Å²) in [6, 6.07) is 16.0. The van der Waals surface area contributed by atoms with Crippen LogP contribution in [0.25, 0.3) is 6.08 Å². The van der Waals surface area contributed by atoms with Gasteiger partial charge in [0.15, 0.2) is 3.77 Å². The molecular weight excluding hydrogens is 474 g/mol. The number of anilines is 1. The van der Waals surface area contributed by atoms with E-state index in [2.05, 4.69) is 33.2 Å². The minimum atomic E-state index is -0.398. The first-order valence-electron chi connectivity index (χ1n) is 8.37. The Kier molecular flexibility index (Phi) is 6.59. The summed E-state index contributed by atoms with van der Waals surface area (Å²) in [6.07, 6.45) is 2.99. The van der Waals surface area contributed by atoms with Crippen LogP contribution >= 0.6 is 22.6 Å². The Morgan fingerprint density at radius 2 is 1.86 bits per heavy atom. The molecule has 0 fully saturated rings. The fraction of sp³-hybridized carbons (Fsp3) is 0.0476. The maximum absolute atomic E-state index is 13.0. The Morgan fingerprint density at radius 1 is 1.07 bits per heavy atom. The molecule has 2 aromatic carbocycles. The van der Waals surface area contributed by atoms with Crippen molar-refractivity contribution in [2.24, 2.45) is 0 Å². The number of carbonyl (C=O) groups is 2. The van der Waals surface area contributed by atoms with Gasteiger partial charge in [-0.05, 0) is 82.8 Å². The monoisotopic (exact) mass is 490 g/mol. The molecule has 0 unspecified atom stereocenters. The molecule has 2 amide bonds. The summed E-state index contributed by atoms with van der Waals surface area (Å²) >= 11 is 2.05. The van der Waals surface area contributed by atoms with Crippen molar-refractivity contribution >= 4 is 46.2 Å². The van der Waals surface area contributed by atoms with E-state index in [0.717, 1.165) is 9.33 Å². The molecule has 142 valence electrons. The molecule has 0 radical (unpaired) electrons. The number of rotatable bonds is 6. The van der Waals surface area contributed by atoms with Crippen LogP contribution in [0.15, 0.2) is 71.2 Å². The van der Waals surface area contributed by atoms with Crippen LogP contribution in [0.1, 0.15) is 21.7 Å². The second-order valence-electron chi connectivity index (χ2n) is 5.85. The van der Waals surface area contributed by atoms with Crippen molar-refractivity contribution in [2.75, 3.05) is 5.32 Å². The maximum Gasteiger partial charge on any atom is 0.255 e. The van der Waals surface area contributed by atoms with Crippen molar-refractivity contribution < 1.29 is 18.4 Å². The molecule has 3 aromatic rings. The molecule has 0 saturated carbocycles. The normalized spacial score (nSPS) is 10.8. The highest BCUT2D eigenvalue weighted by Crippen LogP contribution is 2.13. The lowest BCUT2D eigenvalue weighted by Gasteiger charge is -2.08. The highest BCUT2D eigenvalue weighted by Gasteiger charge is 2.07. The first-order valence-corrected chi connectivity index (χ1v) is 9.44. The van der Waals surface area contributed by atoms with E-state index >= 15 is 0 Å². The molecular formula is C21H16FIN2O3. The summed E-state index contributed by atoms with van der Waals surface area (Å²) in [5.74, 6) is -0.389. The highest BCUT2D eigenvalue weighted by atomic mass is 127. The Labute approximate surface area is 174 Å². The third kappa shape index (κ3) is 5.78. The molecule has 1 heterocycles. The standard InChI is InChI=1S/C21H16FIN2O3/c22-16-6-4-15(5-7-16)21(27)25-17-3-1-2-14(12-17)13-24-20(26)11-9-18-8-10-19(23)28-18/h1-12H,13H2,(H,24,26)(H,25,27). The molecule has 0 aliphatic heterocycles. The van der Waals surface area contributed by atoms with Gasteiger partial charge in [0.25, 0.3) is 5.91 Å². The molecule has 2 N–H and O–H groups in total. The van der Waals surface area contributed by atoms with Gasteiger partial charge in [-0.2, -0.15) is 0 Å². The van der Waals surface area contributed by atoms with Crippen molar-refractivity contribution in [3.05, 3.63) is 93.2 Å². The third-order valence-corrected chi connectivity index (χ3v) is 4.33. The SMILES string of the molecule is O=C(C=Cc1ccc(I)o1)NCc1cccc(NC(=O)c2ccc(F)cc2)c1. The molecule has 28 heavy (non-hydrogen) atoms. The van der Waals surface area contributed by atoms with Gasteiger partial charge in [-0.1, -0.05) is 12.1 Å². The van der Waals surface area contributed by atoms with Crippen LogP contribution in [0, 0.1) is 9.58 Å². The number of nitrogens with one attached hydrogen (secondary N) is 2. The zero-order valence-corrected chi connectivity index (χ0v) is 16.8. The van der Waals surface area contributed by atoms with Crippen molar-refractivity contribution in [3.8, 4) is 0 Å². The van der Waals surface area contributed by atoms with E-state index < -0.39 is 5.82 Å². The predicted molar refractivity (Wildman–Crippen MR) is 113 cm³/mol. The van der Waals surface area contributed by atoms with Gasteiger partial charge in [0.05, 0.1) is 0 Å². The van der Waals surface area contributed by atoms with E-state index in [0.29, 0.717) is 23.6 Å². The summed E-state index contributed by atoms with van der Waals surface area (Å²) < 4.78 is 19.1. The number of hydrogen-bond donors (Lipinski definition) is 2. The van der Waals surface area contributed by atoms with Crippen LogP contribution in [0.3, 0.4) is 0 Å². The predicted octanol–water partition coefficient (Wildman–Crippen LogP) is 4.61. The minimum absolute atomic E-state index is 0.257. The van der Waals surface area contributed by atoms with Gasteiger partial charge in [0.1, 0.15) is 11.6 Å². The van der Waals surface area contributed by atoms with Gasteiger partial charge in [0, 0.05) is 23.9 Å². The molecule has 0 aliphatic carbocycles. The van der Waals surface area contributed by atoms with Gasteiger partial charge in [-0.3, -0.25) is 9.59 Å². The van der Waals surface area contributed by atoms with Gasteiger partial charge >= 0.3 is 0 Å². The summed E-state index contributed by atoms with van der Waals surface area (Å²) in [4.78, 5) is 24.1. The highest BCUT2D eigenvalue weighted by molar-refractivity contribution is 14.1. The van der Waals surface area contributed by atoms with Gasteiger partial charge in [0.2, 0.25) is 5.91 Å². The lowest BCUT2D eigenvalue weighted by atomic mass is 10.1. The molecule has 5 nitrogen and oxygen atoms in total. The average Bonchev–Trinajstić information content (AvgIpc) is 3.11. The maximum atomic E-state index is 13.0. The lowest BCUT2D eigenvalue weighted by molar-refractivity contribution is -0.116. The number of amides is 2. The Hall–Kier alpha value is -2.94. The van der Waals surface area contributed by atoms with E-state index in [-0.39, 0.29) is 11.8 Å².